The van der Waals surface area contributed by atoms with Crippen LogP contribution in [0.15, 0.2) is 132 Å². The van der Waals surface area contributed by atoms with Gasteiger partial charge < -0.3 is 31.8 Å². The average Bonchev–Trinajstić information content (AvgIpc) is 3.85. The third-order valence-electron chi connectivity index (χ3n) is 9.37. The Labute approximate surface area is 318 Å². The Morgan fingerprint density at radius 3 is 1.43 bits per heavy atom. The van der Waals surface area contributed by atoms with Crippen molar-refractivity contribution in [3.63, 3.8) is 0 Å². The maximum Gasteiger partial charge on any atom is 0.170 e. The number of rotatable bonds is 6. The highest BCUT2D eigenvalue weighted by Gasteiger charge is 2.20. The minimum Gasteiger partial charge on any atom is -0.409 e. The predicted molar refractivity (Wildman–Crippen MR) is 213 cm³/mol. The van der Waals surface area contributed by atoms with Gasteiger partial charge in [0.05, 0.1) is 0 Å². The average molecular weight is 755 g/mol. The molecule has 0 fully saturated rings. The second kappa shape index (κ2) is 15.2. The molecule has 0 amide bonds. The van der Waals surface area contributed by atoms with Crippen molar-refractivity contribution in [2.75, 3.05) is 0 Å². The number of nitrogens with zero attached hydrogens (tertiary/aromatic N) is 2. The molecule has 8 rings (SSSR count). The Morgan fingerprint density at radius 1 is 0.482 bits per heavy atom. The molecule has 0 aliphatic rings. The number of aromatic amines is 2. The van der Waals surface area contributed by atoms with Gasteiger partial charge >= 0.3 is 0 Å². The maximum atomic E-state index is 14.0. The molecule has 0 radical (unpaired) electrons. The van der Waals surface area contributed by atoms with Gasteiger partial charge in [-0.15, -0.1) is 0 Å². The third kappa shape index (κ3) is 7.40. The molecule has 0 spiro atoms. The zero-order chi connectivity index (χ0) is 39.7. The number of oxime groups is 2. The van der Waals surface area contributed by atoms with Crippen molar-refractivity contribution < 1.29 is 28.0 Å². The number of aryl methyl sites for hydroxylation is 2. The third-order valence-corrected chi connectivity index (χ3v) is 9.37. The van der Waals surface area contributed by atoms with E-state index in [9.17, 15) is 28.0 Å². The zero-order valence-electron chi connectivity index (χ0n) is 30.0. The molecule has 0 unspecified atom stereocenters. The summed E-state index contributed by atoms with van der Waals surface area (Å²) in [4.78, 5) is 6.30. The molecule has 8 N–H and O–H groups in total. The van der Waals surface area contributed by atoms with E-state index in [-0.39, 0.29) is 11.7 Å². The summed E-state index contributed by atoms with van der Waals surface area (Å²) in [5.41, 5.74) is 21.0. The highest BCUT2D eigenvalue weighted by Crippen LogP contribution is 2.39. The summed E-state index contributed by atoms with van der Waals surface area (Å²) in [6.45, 7) is 3.75. The topological polar surface area (TPSA) is 149 Å². The van der Waals surface area contributed by atoms with Crippen LogP contribution >= 0.6 is 0 Å². The molecule has 0 atom stereocenters. The molecule has 8 nitrogen and oxygen atoms in total. The normalized spacial score (nSPS) is 11.9. The van der Waals surface area contributed by atoms with E-state index < -0.39 is 23.3 Å². The van der Waals surface area contributed by atoms with E-state index in [2.05, 4.69) is 20.3 Å². The van der Waals surface area contributed by atoms with Gasteiger partial charge in [0.15, 0.2) is 11.7 Å². The van der Waals surface area contributed by atoms with Crippen LogP contribution in [0.25, 0.3) is 66.3 Å². The van der Waals surface area contributed by atoms with Gasteiger partial charge in [-0.3, -0.25) is 0 Å². The van der Waals surface area contributed by atoms with Gasteiger partial charge in [-0.2, -0.15) is 0 Å². The van der Waals surface area contributed by atoms with E-state index in [1.165, 1.54) is 24.3 Å². The first-order chi connectivity index (χ1) is 26.9. The van der Waals surface area contributed by atoms with Crippen LogP contribution < -0.4 is 11.5 Å². The molecule has 280 valence electrons. The summed E-state index contributed by atoms with van der Waals surface area (Å²) in [7, 11) is 0. The minimum atomic E-state index is -0.702. The van der Waals surface area contributed by atoms with Gasteiger partial charge in [0.1, 0.15) is 23.3 Å². The lowest BCUT2D eigenvalue weighted by Crippen LogP contribution is -2.15. The van der Waals surface area contributed by atoms with Gasteiger partial charge in [-0.25, -0.2) is 17.6 Å². The maximum absolute atomic E-state index is 14.0. The van der Waals surface area contributed by atoms with Crippen LogP contribution in [0.1, 0.15) is 22.3 Å². The first-order valence-electron chi connectivity index (χ1n) is 17.3. The van der Waals surface area contributed by atoms with Crippen LogP contribution in [0.2, 0.25) is 0 Å². The predicted octanol–water partition coefficient (Wildman–Crippen LogP) is 10.4. The number of amidine groups is 2. The second-order valence-corrected chi connectivity index (χ2v) is 13.3. The van der Waals surface area contributed by atoms with Crippen molar-refractivity contribution in [2.24, 2.45) is 21.8 Å². The molecule has 6 aromatic carbocycles. The van der Waals surface area contributed by atoms with Crippen LogP contribution in [-0.2, 0) is 0 Å². The van der Waals surface area contributed by atoms with Crippen LogP contribution in [0.5, 0.6) is 0 Å². The Bertz CT molecular complexity index is 2610. The summed E-state index contributed by atoms with van der Waals surface area (Å²) in [5, 5.41) is 26.8. The summed E-state index contributed by atoms with van der Waals surface area (Å²) in [5.74, 6) is -3.07. The zero-order valence-corrected chi connectivity index (χ0v) is 30.0. The number of aromatic nitrogens is 2. The number of benzene rings is 6. The number of hydrogen-bond acceptors (Lipinski definition) is 4. The molecule has 0 aliphatic carbocycles. The van der Waals surface area contributed by atoms with Gasteiger partial charge in [0.25, 0.3) is 0 Å². The molecule has 0 saturated heterocycles. The fraction of sp³-hybridized carbons (Fsp3) is 0.0455. The monoisotopic (exact) mass is 754 g/mol. The van der Waals surface area contributed by atoms with Crippen LogP contribution in [0.4, 0.5) is 17.6 Å². The fourth-order valence-electron chi connectivity index (χ4n) is 6.99. The van der Waals surface area contributed by atoms with Crippen LogP contribution in [-0.4, -0.2) is 32.1 Å². The lowest BCUT2D eigenvalue weighted by Gasteiger charge is -2.17. The number of H-pyrrole nitrogens is 2. The quantitative estimate of drug-likeness (QED) is 0.0329. The van der Waals surface area contributed by atoms with Gasteiger partial charge in [-0.05, 0) is 136 Å². The van der Waals surface area contributed by atoms with Crippen molar-refractivity contribution in [3.8, 4) is 44.5 Å². The first kappa shape index (κ1) is 37.0. The summed E-state index contributed by atoms with van der Waals surface area (Å²) < 4.78 is 55.8. The molecule has 0 aliphatic heterocycles. The second-order valence-electron chi connectivity index (χ2n) is 13.3. The molecule has 2 heterocycles. The summed E-state index contributed by atoms with van der Waals surface area (Å²) in [6, 6.07) is 29.4. The Balaban J connectivity index is 0.000000172. The summed E-state index contributed by atoms with van der Waals surface area (Å²) in [6.07, 6.45) is 3.69. The SMILES string of the molecule is Cc1cc(C(N)=NO)c(-c2cc(F)cc(F)c2)c(-c2ccc3[nH]ccc3c2)c1.Cc1cc(C(N)=NO)c(-c2cc(F)cc(F)c2)c(-c2ccc3cc[nH]c3c2)c1. The standard InChI is InChI=1S/2C22H17F2N3O/c1-12-6-18(13-2-3-20-14(8-13)4-5-26-20)21(19(7-12)22(25)27-28)15-9-16(23)11-17(24)10-15;1-12-6-18(14-3-2-13-4-5-26-20(13)10-14)21(19(7-12)22(25)27-28)15-8-16(23)11-17(24)9-15/h2*2-11,26,28H,1H3,(H2,25,27). The number of hydrogen-bond donors (Lipinski definition) is 6. The molecule has 0 bridgehead atoms. The highest BCUT2D eigenvalue weighted by atomic mass is 19.1. The van der Waals surface area contributed by atoms with Gasteiger partial charge in [0.2, 0.25) is 0 Å². The van der Waals surface area contributed by atoms with E-state index in [0.717, 1.165) is 67.3 Å². The van der Waals surface area contributed by atoms with E-state index in [4.69, 9.17) is 11.5 Å². The van der Waals surface area contributed by atoms with Gasteiger partial charge in [-0.1, -0.05) is 40.6 Å². The largest absolute Gasteiger partial charge is 0.409 e. The number of fused-ring (bicyclic) bond motifs is 2. The van der Waals surface area contributed by atoms with Gasteiger partial charge in [0, 0.05) is 57.8 Å². The van der Waals surface area contributed by atoms with Crippen LogP contribution in [0.3, 0.4) is 0 Å². The Hall–Kier alpha value is -7.34. The number of nitrogens with two attached hydrogens (primary N) is 2. The Kier molecular flexibility index (Phi) is 10.0. The lowest BCUT2D eigenvalue weighted by atomic mass is 9.88. The molecule has 8 aromatic rings. The molecule has 56 heavy (non-hydrogen) atoms. The molecule has 0 saturated carbocycles. The fourth-order valence-corrected chi connectivity index (χ4v) is 6.99. The summed E-state index contributed by atoms with van der Waals surface area (Å²) >= 11 is 0. The molecule has 2 aromatic heterocycles. The smallest absolute Gasteiger partial charge is 0.170 e. The van der Waals surface area contributed by atoms with E-state index in [1.807, 2.05) is 86.9 Å². The first-order valence-corrected chi connectivity index (χ1v) is 17.3. The van der Waals surface area contributed by atoms with E-state index >= 15 is 0 Å². The number of nitrogens with one attached hydrogen (secondary N) is 2. The van der Waals surface area contributed by atoms with Crippen molar-refractivity contribution in [1.82, 2.24) is 9.97 Å². The number of halogens is 4. The highest BCUT2D eigenvalue weighted by molar-refractivity contribution is 6.08. The molecular formula is C44H34F4N6O2. The minimum absolute atomic E-state index is 0.132. The van der Waals surface area contributed by atoms with E-state index in [0.29, 0.717) is 33.4 Å². The molecular weight excluding hydrogens is 721 g/mol. The van der Waals surface area contributed by atoms with E-state index in [1.54, 1.807) is 12.1 Å². The van der Waals surface area contributed by atoms with Crippen molar-refractivity contribution >= 4 is 33.5 Å². The van der Waals surface area contributed by atoms with Crippen molar-refractivity contribution in [2.45, 2.75) is 13.8 Å². The molecule has 12 heteroatoms. The Morgan fingerprint density at radius 2 is 0.929 bits per heavy atom. The van der Waals surface area contributed by atoms with Crippen molar-refractivity contribution in [3.05, 3.63) is 167 Å². The lowest BCUT2D eigenvalue weighted by molar-refractivity contribution is 0.318. The van der Waals surface area contributed by atoms with Crippen molar-refractivity contribution in [1.29, 1.82) is 0 Å². The van der Waals surface area contributed by atoms with Crippen LogP contribution in [0, 0.1) is 37.1 Å².